The van der Waals surface area contributed by atoms with Crippen LogP contribution in [0.2, 0.25) is 0 Å². The van der Waals surface area contributed by atoms with E-state index in [0.29, 0.717) is 0 Å². The van der Waals surface area contributed by atoms with Crippen LogP contribution in [-0.2, 0) is 0 Å². The summed E-state index contributed by atoms with van der Waals surface area (Å²) in [5, 5.41) is 0. The molecular weight excluding hydrogens is 396 g/mol. The number of rotatable bonds is 4. The number of hydrogen-bond acceptors (Lipinski definition) is 4. The highest BCUT2D eigenvalue weighted by molar-refractivity contribution is 5.76. The largest absolute Gasteiger partial charge is 0.472 e. The summed E-state index contributed by atoms with van der Waals surface area (Å²) >= 11 is 0. The molecule has 0 radical (unpaired) electrons. The van der Waals surface area contributed by atoms with Crippen molar-refractivity contribution in [2.24, 2.45) is 11.8 Å². The number of pyridine rings is 1. The van der Waals surface area contributed by atoms with Crippen LogP contribution in [0.4, 0.5) is 0 Å². The van der Waals surface area contributed by atoms with Crippen molar-refractivity contribution in [3.8, 4) is 5.88 Å². The van der Waals surface area contributed by atoms with E-state index in [9.17, 15) is 0 Å². The molecule has 2 aliphatic carbocycles. The van der Waals surface area contributed by atoms with E-state index in [2.05, 4.69) is 45.6 Å². The van der Waals surface area contributed by atoms with Crippen molar-refractivity contribution in [3.63, 3.8) is 0 Å². The van der Waals surface area contributed by atoms with E-state index in [1.165, 1.54) is 50.7 Å². The third-order valence-electron chi connectivity index (χ3n) is 8.22. The summed E-state index contributed by atoms with van der Waals surface area (Å²) in [6.45, 7) is 4.65. The first kappa shape index (κ1) is 20.2. The molecule has 3 aromatic rings. The maximum absolute atomic E-state index is 6.61. The fourth-order valence-electron chi connectivity index (χ4n) is 6.72. The number of para-hydroxylation sites is 2. The van der Waals surface area contributed by atoms with Crippen LogP contribution >= 0.6 is 0 Å². The molecule has 1 saturated heterocycles. The zero-order valence-corrected chi connectivity index (χ0v) is 19.1. The van der Waals surface area contributed by atoms with Crippen molar-refractivity contribution in [1.29, 1.82) is 0 Å². The van der Waals surface area contributed by atoms with Gasteiger partial charge in [-0.2, -0.15) is 0 Å². The summed E-state index contributed by atoms with van der Waals surface area (Å²) in [6, 6.07) is 15.6. The van der Waals surface area contributed by atoms with Gasteiger partial charge in [-0.3, -0.25) is 4.90 Å². The van der Waals surface area contributed by atoms with E-state index in [4.69, 9.17) is 9.72 Å². The van der Waals surface area contributed by atoms with Gasteiger partial charge in [0.15, 0.2) is 0 Å². The van der Waals surface area contributed by atoms with Crippen LogP contribution in [-0.4, -0.2) is 44.7 Å². The predicted octanol–water partition coefficient (Wildman–Crippen LogP) is 5.40. The van der Waals surface area contributed by atoms with Gasteiger partial charge in [0.1, 0.15) is 11.9 Å². The van der Waals surface area contributed by atoms with Crippen molar-refractivity contribution in [2.45, 2.75) is 70.1 Å². The predicted molar refractivity (Wildman–Crippen MR) is 127 cm³/mol. The number of hydrogen-bond donors (Lipinski definition) is 0. The van der Waals surface area contributed by atoms with Gasteiger partial charge in [0.2, 0.25) is 5.88 Å². The maximum atomic E-state index is 6.61. The Labute approximate surface area is 190 Å². The molecule has 6 rings (SSSR count). The van der Waals surface area contributed by atoms with E-state index in [1.54, 1.807) is 0 Å². The van der Waals surface area contributed by atoms with Crippen LogP contribution in [0.15, 0.2) is 48.7 Å². The molecule has 3 aliphatic rings. The molecule has 168 valence electrons. The third-order valence-corrected chi connectivity index (χ3v) is 8.22. The van der Waals surface area contributed by atoms with E-state index in [0.717, 1.165) is 47.9 Å². The Morgan fingerprint density at radius 1 is 0.906 bits per heavy atom. The fourth-order valence-corrected chi connectivity index (χ4v) is 6.72. The van der Waals surface area contributed by atoms with Crippen molar-refractivity contribution in [3.05, 3.63) is 54.5 Å². The summed E-state index contributed by atoms with van der Waals surface area (Å²) in [5.74, 6) is 3.29. The molecule has 5 heteroatoms. The zero-order chi connectivity index (χ0) is 21.5. The van der Waals surface area contributed by atoms with E-state index >= 15 is 0 Å². The van der Waals surface area contributed by atoms with E-state index < -0.39 is 0 Å². The molecule has 0 N–H and O–H groups in total. The molecule has 2 saturated carbocycles. The molecule has 5 nitrogen and oxygen atoms in total. The molecule has 1 aliphatic heterocycles. The maximum Gasteiger partial charge on any atom is 0.213 e. The van der Waals surface area contributed by atoms with Gasteiger partial charge in [0.25, 0.3) is 0 Å². The SMILES string of the molecule is Cc1nc2ccccc2n1[C@H]1C[C@H]2CN(C3CCCCC3)C[C@H]2C[C@@H]1Oc1ccccn1. The molecule has 0 amide bonds. The molecule has 3 fully saturated rings. The number of aryl methyl sites for hydroxylation is 1. The average Bonchev–Trinajstić information content (AvgIpc) is 3.39. The molecule has 4 atom stereocenters. The van der Waals surface area contributed by atoms with Gasteiger partial charge >= 0.3 is 0 Å². The van der Waals surface area contributed by atoms with Crippen molar-refractivity contribution in [1.82, 2.24) is 19.4 Å². The van der Waals surface area contributed by atoms with Crippen LogP contribution in [0.5, 0.6) is 5.88 Å². The topological polar surface area (TPSA) is 43.2 Å². The Morgan fingerprint density at radius 2 is 1.69 bits per heavy atom. The van der Waals surface area contributed by atoms with Crippen molar-refractivity contribution in [2.75, 3.05) is 13.1 Å². The minimum Gasteiger partial charge on any atom is -0.472 e. The van der Waals surface area contributed by atoms with Gasteiger partial charge in [-0.25, -0.2) is 9.97 Å². The molecule has 3 heterocycles. The Balaban J connectivity index is 1.32. The van der Waals surface area contributed by atoms with Crippen molar-refractivity contribution >= 4 is 11.0 Å². The van der Waals surface area contributed by atoms with Gasteiger partial charge in [0.05, 0.1) is 17.1 Å². The molecular formula is C27H34N4O. The van der Waals surface area contributed by atoms with E-state index in [-0.39, 0.29) is 12.1 Å². The first-order valence-electron chi connectivity index (χ1n) is 12.5. The summed E-state index contributed by atoms with van der Waals surface area (Å²) in [6.07, 6.45) is 11.2. The molecule has 32 heavy (non-hydrogen) atoms. The Kier molecular flexibility index (Phi) is 5.38. The lowest BCUT2D eigenvalue weighted by atomic mass is 9.77. The number of likely N-dealkylation sites (tertiary alicyclic amines) is 1. The van der Waals surface area contributed by atoms with Crippen LogP contribution in [0.1, 0.15) is 56.8 Å². The lowest BCUT2D eigenvalue weighted by molar-refractivity contribution is 0.0522. The second-order valence-electron chi connectivity index (χ2n) is 10.1. The molecule has 0 bridgehead atoms. The standard InChI is InChI=1S/C27H34N4O/c1-19-29-23-11-5-6-12-24(23)31(19)25-15-20-17-30(22-9-3-2-4-10-22)18-21(20)16-26(25)32-27-13-7-8-14-28-27/h5-8,11-14,20-22,25-26H,2-4,9-10,15-18H2,1H3/t20-,21+,25-,26-/m0/s1. The summed E-state index contributed by atoms with van der Waals surface area (Å²) < 4.78 is 9.07. The highest BCUT2D eigenvalue weighted by atomic mass is 16.5. The Bertz CT molecular complexity index is 1060. The van der Waals surface area contributed by atoms with E-state index in [1.807, 2.05) is 24.4 Å². The second-order valence-corrected chi connectivity index (χ2v) is 10.1. The monoisotopic (exact) mass is 430 g/mol. The van der Waals surface area contributed by atoms with Gasteiger partial charge in [0, 0.05) is 31.4 Å². The molecule has 2 aromatic heterocycles. The Hall–Kier alpha value is -2.40. The highest BCUT2D eigenvalue weighted by Crippen LogP contribution is 2.45. The molecule has 1 aromatic carbocycles. The number of nitrogens with zero attached hydrogens (tertiary/aromatic N) is 4. The quantitative estimate of drug-likeness (QED) is 0.556. The lowest BCUT2D eigenvalue weighted by Crippen LogP contribution is -2.40. The second kappa shape index (κ2) is 8.51. The van der Waals surface area contributed by atoms with Gasteiger partial charge in [-0.05, 0) is 62.6 Å². The number of fused-ring (bicyclic) bond motifs is 2. The first-order valence-corrected chi connectivity index (χ1v) is 12.5. The Morgan fingerprint density at radius 3 is 2.50 bits per heavy atom. The normalized spacial score (nSPS) is 29.3. The zero-order valence-electron chi connectivity index (χ0n) is 19.1. The van der Waals surface area contributed by atoms with Crippen LogP contribution in [0.25, 0.3) is 11.0 Å². The highest BCUT2D eigenvalue weighted by Gasteiger charge is 2.46. The number of aromatic nitrogens is 3. The number of imidazole rings is 1. The summed E-state index contributed by atoms with van der Waals surface area (Å²) in [5.41, 5.74) is 2.31. The minimum atomic E-state index is 0.119. The van der Waals surface area contributed by atoms with Crippen LogP contribution in [0.3, 0.4) is 0 Å². The smallest absolute Gasteiger partial charge is 0.213 e. The van der Waals surface area contributed by atoms with Gasteiger partial charge in [-0.1, -0.05) is 37.5 Å². The van der Waals surface area contributed by atoms with Crippen molar-refractivity contribution < 1.29 is 4.74 Å². The minimum absolute atomic E-state index is 0.119. The third kappa shape index (κ3) is 3.71. The van der Waals surface area contributed by atoms with Gasteiger partial charge in [-0.15, -0.1) is 0 Å². The average molecular weight is 431 g/mol. The molecule has 0 spiro atoms. The lowest BCUT2D eigenvalue weighted by Gasteiger charge is -2.39. The summed E-state index contributed by atoms with van der Waals surface area (Å²) in [7, 11) is 0. The van der Waals surface area contributed by atoms with Crippen LogP contribution in [0, 0.1) is 18.8 Å². The molecule has 0 unspecified atom stereocenters. The number of benzene rings is 1. The van der Waals surface area contributed by atoms with Gasteiger partial charge < -0.3 is 9.30 Å². The fraction of sp³-hybridized carbons (Fsp3) is 0.556. The van der Waals surface area contributed by atoms with Crippen LogP contribution < -0.4 is 4.74 Å². The summed E-state index contributed by atoms with van der Waals surface area (Å²) in [4.78, 5) is 12.2. The first-order chi connectivity index (χ1) is 15.8. The number of ether oxygens (including phenoxy) is 1.